The van der Waals surface area contributed by atoms with Gasteiger partial charge in [-0.05, 0) is 18.6 Å². The molecule has 0 atom stereocenters. The van der Waals surface area contributed by atoms with Crippen molar-refractivity contribution in [2.45, 2.75) is 19.3 Å². The number of benzene rings is 1. The summed E-state index contributed by atoms with van der Waals surface area (Å²) < 4.78 is 32.0. The van der Waals surface area contributed by atoms with Crippen LogP contribution in [-0.4, -0.2) is 18.2 Å². The highest BCUT2D eigenvalue weighted by molar-refractivity contribution is 5.68. The number of carboxylic acids is 1. The molecule has 0 aliphatic carbocycles. The van der Waals surface area contributed by atoms with E-state index in [0.29, 0.717) is 5.56 Å². The second kappa shape index (κ2) is 4.47. The number of carbonyl (C=O) groups is 1. The Morgan fingerprint density at radius 1 is 1.50 bits per heavy atom. The minimum atomic E-state index is -3.43. The molecular weight excluding hydrogens is 218 g/mol. The van der Waals surface area contributed by atoms with Gasteiger partial charge in [0.15, 0.2) is 0 Å². The molecule has 0 bridgehead atoms. The standard InChI is InChI=1S/C11H12F2O3/c1-7-4-3-5-8(10(7)16-2)11(12,13)6-9(14)15/h3-5H,6H2,1-2H3,(H,14,15). The van der Waals surface area contributed by atoms with E-state index in [1.54, 1.807) is 13.0 Å². The van der Waals surface area contributed by atoms with Crippen molar-refractivity contribution in [2.24, 2.45) is 0 Å². The monoisotopic (exact) mass is 230 g/mol. The van der Waals surface area contributed by atoms with Gasteiger partial charge in [-0.2, -0.15) is 0 Å². The predicted octanol–water partition coefficient (Wildman–Crippen LogP) is 2.57. The molecule has 5 heteroatoms. The maximum Gasteiger partial charge on any atom is 0.309 e. The van der Waals surface area contributed by atoms with Gasteiger partial charge in [-0.15, -0.1) is 0 Å². The first-order chi connectivity index (χ1) is 7.38. The molecule has 0 saturated carbocycles. The van der Waals surface area contributed by atoms with Crippen molar-refractivity contribution in [1.82, 2.24) is 0 Å². The number of hydrogen-bond acceptors (Lipinski definition) is 2. The van der Waals surface area contributed by atoms with Crippen molar-refractivity contribution in [1.29, 1.82) is 0 Å². The lowest BCUT2D eigenvalue weighted by Crippen LogP contribution is -2.19. The van der Waals surface area contributed by atoms with Crippen LogP contribution in [0.3, 0.4) is 0 Å². The lowest BCUT2D eigenvalue weighted by atomic mass is 10.0. The highest BCUT2D eigenvalue weighted by Crippen LogP contribution is 2.39. The Morgan fingerprint density at radius 2 is 2.12 bits per heavy atom. The molecule has 0 spiro atoms. The van der Waals surface area contributed by atoms with Crippen LogP contribution in [0, 0.1) is 6.92 Å². The molecule has 1 aromatic rings. The van der Waals surface area contributed by atoms with Crippen molar-refractivity contribution >= 4 is 5.97 Å². The lowest BCUT2D eigenvalue weighted by Gasteiger charge is -2.18. The zero-order chi connectivity index (χ0) is 12.3. The second-order valence-corrected chi connectivity index (χ2v) is 3.43. The fourth-order valence-electron chi connectivity index (χ4n) is 1.50. The lowest BCUT2D eigenvalue weighted by molar-refractivity contribution is -0.145. The Hall–Kier alpha value is -1.65. The summed E-state index contributed by atoms with van der Waals surface area (Å²) in [5.41, 5.74) is 0.155. The Balaban J connectivity index is 3.21. The number of para-hydroxylation sites is 1. The van der Waals surface area contributed by atoms with E-state index in [1.807, 2.05) is 0 Å². The van der Waals surface area contributed by atoms with Gasteiger partial charge in [-0.1, -0.05) is 12.1 Å². The Labute approximate surface area is 91.7 Å². The number of halogens is 2. The van der Waals surface area contributed by atoms with E-state index >= 15 is 0 Å². The fourth-order valence-corrected chi connectivity index (χ4v) is 1.50. The summed E-state index contributed by atoms with van der Waals surface area (Å²) >= 11 is 0. The average molecular weight is 230 g/mol. The van der Waals surface area contributed by atoms with Crippen LogP contribution >= 0.6 is 0 Å². The number of methoxy groups -OCH3 is 1. The van der Waals surface area contributed by atoms with Gasteiger partial charge in [0.25, 0.3) is 5.92 Å². The number of carboxylic acid groups (broad SMARTS) is 1. The molecule has 1 rings (SSSR count). The quantitative estimate of drug-likeness (QED) is 0.864. The zero-order valence-corrected chi connectivity index (χ0v) is 8.96. The summed E-state index contributed by atoms with van der Waals surface area (Å²) in [5, 5.41) is 8.42. The summed E-state index contributed by atoms with van der Waals surface area (Å²) in [6.45, 7) is 1.62. The van der Waals surface area contributed by atoms with E-state index < -0.39 is 23.9 Å². The topological polar surface area (TPSA) is 46.5 Å². The molecule has 16 heavy (non-hydrogen) atoms. The third-order valence-electron chi connectivity index (χ3n) is 2.18. The summed E-state index contributed by atoms with van der Waals surface area (Å²) in [6.07, 6.45) is -1.24. The SMILES string of the molecule is COc1c(C)cccc1C(F)(F)CC(=O)O. The van der Waals surface area contributed by atoms with E-state index in [2.05, 4.69) is 0 Å². The number of rotatable bonds is 4. The van der Waals surface area contributed by atoms with E-state index in [1.165, 1.54) is 19.2 Å². The first kappa shape index (κ1) is 12.4. The van der Waals surface area contributed by atoms with Crippen LogP contribution in [0.2, 0.25) is 0 Å². The van der Waals surface area contributed by atoms with Crippen LogP contribution in [0.4, 0.5) is 8.78 Å². The number of aliphatic carboxylic acids is 1. The van der Waals surface area contributed by atoms with Gasteiger partial charge in [0.2, 0.25) is 0 Å². The average Bonchev–Trinajstić information content (AvgIpc) is 2.15. The first-order valence-corrected chi connectivity index (χ1v) is 4.62. The van der Waals surface area contributed by atoms with Crippen LogP contribution < -0.4 is 4.74 Å². The van der Waals surface area contributed by atoms with Crippen LogP contribution in [0.25, 0.3) is 0 Å². The predicted molar refractivity (Wildman–Crippen MR) is 53.9 cm³/mol. The Bertz CT molecular complexity index is 402. The minimum absolute atomic E-state index is 0.0359. The largest absolute Gasteiger partial charge is 0.496 e. The van der Waals surface area contributed by atoms with Gasteiger partial charge in [0, 0.05) is 0 Å². The maximum absolute atomic E-state index is 13.6. The van der Waals surface area contributed by atoms with E-state index in [4.69, 9.17) is 9.84 Å². The summed E-state index contributed by atoms with van der Waals surface area (Å²) in [7, 11) is 1.28. The summed E-state index contributed by atoms with van der Waals surface area (Å²) in [4.78, 5) is 10.4. The van der Waals surface area contributed by atoms with Crippen LogP contribution in [0.1, 0.15) is 17.5 Å². The molecule has 0 aliphatic rings. The van der Waals surface area contributed by atoms with Crippen molar-refractivity contribution in [3.63, 3.8) is 0 Å². The molecular formula is C11H12F2O3. The number of ether oxygens (including phenoxy) is 1. The molecule has 1 aromatic carbocycles. The Morgan fingerprint density at radius 3 is 2.62 bits per heavy atom. The highest BCUT2D eigenvalue weighted by atomic mass is 19.3. The molecule has 88 valence electrons. The molecule has 0 heterocycles. The fraction of sp³-hybridized carbons (Fsp3) is 0.364. The third kappa shape index (κ3) is 2.48. The molecule has 0 aliphatic heterocycles. The van der Waals surface area contributed by atoms with Crippen LogP contribution in [0.5, 0.6) is 5.75 Å². The van der Waals surface area contributed by atoms with Gasteiger partial charge >= 0.3 is 5.97 Å². The number of aryl methyl sites for hydroxylation is 1. The maximum atomic E-state index is 13.6. The molecule has 0 amide bonds. The molecule has 0 aromatic heterocycles. The third-order valence-corrected chi connectivity index (χ3v) is 2.18. The van der Waals surface area contributed by atoms with E-state index in [-0.39, 0.29) is 5.75 Å². The smallest absolute Gasteiger partial charge is 0.309 e. The molecule has 0 saturated heterocycles. The normalized spacial score (nSPS) is 11.2. The van der Waals surface area contributed by atoms with Crippen molar-refractivity contribution in [3.05, 3.63) is 29.3 Å². The van der Waals surface area contributed by atoms with Gasteiger partial charge < -0.3 is 9.84 Å². The Kier molecular flexibility index (Phi) is 3.47. The summed E-state index contributed by atoms with van der Waals surface area (Å²) in [6, 6.07) is 4.25. The zero-order valence-electron chi connectivity index (χ0n) is 8.96. The van der Waals surface area contributed by atoms with Crippen LogP contribution in [0.15, 0.2) is 18.2 Å². The molecule has 1 N–H and O–H groups in total. The second-order valence-electron chi connectivity index (χ2n) is 3.43. The van der Waals surface area contributed by atoms with Gasteiger partial charge in [-0.25, -0.2) is 8.78 Å². The number of alkyl halides is 2. The molecule has 0 radical (unpaired) electrons. The molecule has 0 unspecified atom stereocenters. The van der Waals surface area contributed by atoms with Crippen molar-refractivity contribution in [3.8, 4) is 5.75 Å². The number of hydrogen-bond donors (Lipinski definition) is 1. The van der Waals surface area contributed by atoms with Crippen molar-refractivity contribution in [2.75, 3.05) is 7.11 Å². The molecule has 0 fully saturated rings. The van der Waals surface area contributed by atoms with Gasteiger partial charge in [-0.3, -0.25) is 4.79 Å². The van der Waals surface area contributed by atoms with E-state index in [9.17, 15) is 13.6 Å². The summed E-state index contributed by atoms with van der Waals surface area (Å²) in [5.74, 6) is -4.94. The van der Waals surface area contributed by atoms with Crippen molar-refractivity contribution < 1.29 is 23.4 Å². The highest BCUT2D eigenvalue weighted by Gasteiger charge is 2.37. The minimum Gasteiger partial charge on any atom is -0.496 e. The molecule has 3 nitrogen and oxygen atoms in total. The van der Waals surface area contributed by atoms with Gasteiger partial charge in [0.05, 0.1) is 12.7 Å². The van der Waals surface area contributed by atoms with E-state index in [0.717, 1.165) is 0 Å². The first-order valence-electron chi connectivity index (χ1n) is 4.62. The van der Waals surface area contributed by atoms with Crippen LogP contribution in [-0.2, 0) is 10.7 Å². The van der Waals surface area contributed by atoms with Gasteiger partial charge in [0.1, 0.15) is 12.2 Å².